The maximum absolute atomic E-state index is 12.4. The van der Waals surface area contributed by atoms with Gasteiger partial charge in [-0.2, -0.15) is 5.10 Å². The number of nitrogens with zero attached hydrogens (tertiary/aromatic N) is 1. The number of rotatable bonds is 9. The Balaban J connectivity index is 1.59. The molecule has 0 aliphatic carbocycles. The van der Waals surface area contributed by atoms with Crippen molar-refractivity contribution in [3.63, 3.8) is 0 Å². The van der Waals surface area contributed by atoms with Gasteiger partial charge in [0.1, 0.15) is 5.75 Å². The van der Waals surface area contributed by atoms with E-state index in [-0.39, 0.29) is 11.8 Å². The highest BCUT2D eigenvalue weighted by atomic mass is 16.5. The van der Waals surface area contributed by atoms with Crippen LogP contribution in [0.3, 0.4) is 0 Å². The lowest BCUT2D eigenvalue weighted by Crippen LogP contribution is -2.19. The molecule has 3 rings (SSSR count). The van der Waals surface area contributed by atoms with Crippen molar-refractivity contribution in [3.05, 3.63) is 102 Å². The molecule has 168 valence electrons. The zero-order chi connectivity index (χ0) is 23.5. The number of carbonyl (C=O) groups excluding carboxylic acids is 2. The second kappa shape index (κ2) is 12.0. The average Bonchev–Trinajstić information content (AvgIpc) is 2.85. The van der Waals surface area contributed by atoms with E-state index in [2.05, 4.69) is 15.8 Å². The number of hydrogen-bond acceptors (Lipinski definition) is 4. The van der Waals surface area contributed by atoms with Gasteiger partial charge < -0.3 is 10.1 Å². The van der Waals surface area contributed by atoms with Gasteiger partial charge in [-0.1, -0.05) is 49.4 Å². The van der Waals surface area contributed by atoms with E-state index in [1.807, 2.05) is 49.4 Å². The molecule has 0 radical (unpaired) electrons. The van der Waals surface area contributed by atoms with Crippen molar-refractivity contribution in [1.82, 2.24) is 5.43 Å². The van der Waals surface area contributed by atoms with Crippen LogP contribution in [0.2, 0.25) is 0 Å². The third-order valence-electron chi connectivity index (χ3n) is 4.69. The molecule has 0 bridgehead atoms. The van der Waals surface area contributed by atoms with Gasteiger partial charge in [-0.15, -0.1) is 0 Å². The highest BCUT2D eigenvalue weighted by molar-refractivity contribution is 6.04. The van der Waals surface area contributed by atoms with E-state index in [0.717, 1.165) is 23.3 Å². The van der Waals surface area contributed by atoms with Gasteiger partial charge in [0.2, 0.25) is 5.91 Å². The zero-order valence-corrected chi connectivity index (χ0v) is 18.7. The Morgan fingerprint density at radius 3 is 2.42 bits per heavy atom. The van der Waals surface area contributed by atoms with E-state index in [1.165, 1.54) is 6.08 Å². The van der Waals surface area contributed by atoms with Crippen molar-refractivity contribution < 1.29 is 14.3 Å². The Labute approximate surface area is 194 Å². The predicted octanol–water partition coefficient (Wildman–Crippen LogP) is 5.28. The molecule has 0 spiro atoms. The molecule has 0 unspecified atom stereocenters. The van der Waals surface area contributed by atoms with Gasteiger partial charge in [-0.05, 0) is 66.9 Å². The average molecular weight is 442 g/mol. The van der Waals surface area contributed by atoms with Crippen molar-refractivity contribution in [2.45, 2.75) is 20.3 Å². The molecule has 33 heavy (non-hydrogen) atoms. The van der Waals surface area contributed by atoms with Crippen molar-refractivity contribution in [2.75, 3.05) is 11.9 Å². The molecular weight excluding hydrogens is 414 g/mol. The van der Waals surface area contributed by atoms with Crippen LogP contribution in [0.4, 0.5) is 5.69 Å². The van der Waals surface area contributed by atoms with Gasteiger partial charge in [0.05, 0.1) is 12.3 Å². The van der Waals surface area contributed by atoms with Crippen LogP contribution in [0, 0.1) is 0 Å². The fraction of sp³-hybridized carbons (Fsp3) is 0.148. The maximum atomic E-state index is 12.4. The summed E-state index contributed by atoms with van der Waals surface area (Å²) in [6.45, 7) is 4.46. The minimum atomic E-state index is -0.313. The molecule has 0 atom stereocenters. The van der Waals surface area contributed by atoms with Crippen molar-refractivity contribution >= 4 is 29.3 Å². The standard InChI is InChI=1S/C27H27N3O3/c1-3-18-33-25-15-13-22(14-16-25)27(32)30-29-20(2)23-10-7-11-24(19-23)28-26(31)17-12-21-8-5-4-6-9-21/h4-17,19H,3,18H2,1-2H3,(H,28,31)(H,30,32)/b17-12+,29-20-. The van der Waals surface area contributed by atoms with Crippen molar-refractivity contribution in [1.29, 1.82) is 0 Å². The number of hydrazone groups is 1. The zero-order valence-electron chi connectivity index (χ0n) is 18.7. The number of amides is 2. The summed E-state index contributed by atoms with van der Waals surface area (Å²) in [5.74, 6) is 0.183. The van der Waals surface area contributed by atoms with E-state index in [0.29, 0.717) is 23.6 Å². The van der Waals surface area contributed by atoms with Gasteiger partial charge in [0, 0.05) is 17.3 Å². The maximum Gasteiger partial charge on any atom is 0.271 e. The topological polar surface area (TPSA) is 79.8 Å². The number of ether oxygens (including phenoxy) is 1. The molecule has 0 aliphatic heterocycles. The number of anilines is 1. The second-order valence-corrected chi connectivity index (χ2v) is 7.33. The molecule has 0 heterocycles. The lowest BCUT2D eigenvalue weighted by Gasteiger charge is -2.07. The van der Waals surface area contributed by atoms with E-state index in [1.54, 1.807) is 49.4 Å². The van der Waals surface area contributed by atoms with Crippen LogP contribution in [0.15, 0.2) is 90.0 Å². The first-order valence-electron chi connectivity index (χ1n) is 10.8. The first-order chi connectivity index (χ1) is 16.0. The fourth-order valence-corrected chi connectivity index (χ4v) is 2.93. The first-order valence-corrected chi connectivity index (χ1v) is 10.8. The smallest absolute Gasteiger partial charge is 0.271 e. The van der Waals surface area contributed by atoms with E-state index in [4.69, 9.17) is 4.74 Å². The minimum absolute atomic E-state index is 0.231. The third-order valence-corrected chi connectivity index (χ3v) is 4.69. The largest absolute Gasteiger partial charge is 0.494 e. The molecule has 0 aromatic heterocycles. The van der Waals surface area contributed by atoms with E-state index in [9.17, 15) is 9.59 Å². The molecule has 3 aromatic rings. The summed E-state index contributed by atoms with van der Waals surface area (Å²) in [5.41, 5.74) is 6.04. The number of carbonyl (C=O) groups is 2. The molecule has 0 aliphatic rings. The highest BCUT2D eigenvalue weighted by Gasteiger charge is 2.06. The molecule has 0 saturated carbocycles. The molecule has 3 aromatic carbocycles. The van der Waals surface area contributed by atoms with Crippen LogP contribution in [0.1, 0.15) is 41.8 Å². The summed E-state index contributed by atoms with van der Waals surface area (Å²) >= 11 is 0. The summed E-state index contributed by atoms with van der Waals surface area (Å²) in [4.78, 5) is 24.6. The van der Waals surface area contributed by atoms with Gasteiger partial charge in [-0.3, -0.25) is 9.59 Å². The van der Waals surface area contributed by atoms with Crippen LogP contribution < -0.4 is 15.5 Å². The summed E-state index contributed by atoms with van der Waals surface area (Å²) in [6, 6.07) is 23.8. The lowest BCUT2D eigenvalue weighted by atomic mass is 10.1. The van der Waals surface area contributed by atoms with Crippen molar-refractivity contribution in [2.24, 2.45) is 5.10 Å². The third kappa shape index (κ3) is 7.47. The SMILES string of the molecule is CCCOc1ccc(C(=O)N/N=C(/C)c2cccc(NC(=O)/C=C/c3ccccc3)c2)cc1. The van der Waals surface area contributed by atoms with Crippen LogP contribution in [0.25, 0.3) is 6.08 Å². The van der Waals surface area contributed by atoms with Crippen LogP contribution >= 0.6 is 0 Å². The number of hydrogen-bond donors (Lipinski definition) is 2. The second-order valence-electron chi connectivity index (χ2n) is 7.33. The minimum Gasteiger partial charge on any atom is -0.494 e. The van der Waals surface area contributed by atoms with Crippen molar-refractivity contribution in [3.8, 4) is 5.75 Å². The highest BCUT2D eigenvalue weighted by Crippen LogP contribution is 2.14. The van der Waals surface area contributed by atoms with Crippen LogP contribution in [-0.4, -0.2) is 24.1 Å². The normalized spacial score (nSPS) is 11.3. The molecule has 6 nitrogen and oxygen atoms in total. The molecule has 0 fully saturated rings. The van der Waals surface area contributed by atoms with Gasteiger partial charge in [-0.25, -0.2) is 5.43 Å². The first kappa shape index (κ1) is 23.5. The molecule has 2 amide bonds. The predicted molar refractivity (Wildman–Crippen MR) is 132 cm³/mol. The van der Waals surface area contributed by atoms with E-state index < -0.39 is 0 Å². The van der Waals surface area contributed by atoms with Crippen LogP contribution in [0.5, 0.6) is 5.75 Å². The Bertz CT molecular complexity index is 1140. The van der Waals surface area contributed by atoms with Gasteiger partial charge >= 0.3 is 0 Å². The Morgan fingerprint density at radius 2 is 1.70 bits per heavy atom. The van der Waals surface area contributed by atoms with E-state index >= 15 is 0 Å². The Morgan fingerprint density at radius 1 is 0.939 bits per heavy atom. The lowest BCUT2D eigenvalue weighted by molar-refractivity contribution is -0.111. The summed E-state index contributed by atoms with van der Waals surface area (Å²) in [7, 11) is 0. The quantitative estimate of drug-likeness (QED) is 0.269. The fourth-order valence-electron chi connectivity index (χ4n) is 2.93. The Hall–Kier alpha value is -4.19. The molecule has 0 saturated heterocycles. The molecular formula is C27H27N3O3. The van der Waals surface area contributed by atoms with Gasteiger partial charge in [0.15, 0.2) is 0 Å². The number of benzene rings is 3. The van der Waals surface area contributed by atoms with Gasteiger partial charge in [0.25, 0.3) is 5.91 Å². The summed E-state index contributed by atoms with van der Waals surface area (Å²) in [6.07, 6.45) is 4.16. The van der Waals surface area contributed by atoms with Crippen LogP contribution in [-0.2, 0) is 4.79 Å². The molecule has 6 heteroatoms. The Kier molecular flexibility index (Phi) is 8.54. The summed E-state index contributed by atoms with van der Waals surface area (Å²) < 4.78 is 5.53. The summed E-state index contributed by atoms with van der Waals surface area (Å²) in [5, 5.41) is 7.04. The molecule has 2 N–H and O–H groups in total. The number of nitrogens with one attached hydrogen (secondary N) is 2. The monoisotopic (exact) mass is 441 g/mol.